The van der Waals surface area contributed by atoms with Gasteiger partial charge in [-0.25, -0.2) is 8.42 Å². The van der Waals surface area contributed by atoms with Gasteiger partial charge in [-0.2, -0.15) is 13.5 Å². The van der Waals surface area contributed by atoms with Crippen molar-refractivity contribution < 1.29 is 31.5 Å². The topological polar surface area (TPSA) is 116 Å². The predicted molar refractivity (Wildman–Crippen MR) is 116 cm³/mol. The normalized spacial score (nSPS) is 31.1. The van der Waals surface area contributed by atoms with Crippen molar-refractivity contribution in [2.75, 3.05) is 0 Å². The Labute approximate surface area is 192 Å². The second kappa shape index (κ2) is 8.30. The van der Waals surface area contributed by atoms with Crippen LogP contribution in [-0.2, 0) is 19.6 Å². The van der Waals surface area contributed by atoms with Gasteiger partial charge < -0.3 is 10.5 Å². The fourth-order valence-corrected chi connectivity index (χ4v) is 7.88. The van der Waals surface area contributed by atoms with Crippen LogP contribution in [0.5, 0.6) is 5.75 Å². The summed E-state index contributed by atoms with van der Waals surface area (Å²) in [5.74, 6) is 0.500. The Bertz CT molecular complexity index is 1030. The number of benzene rings is 1. The van der Waals surface area contributed by atoms with E-state index in [9.17, 15) is 26.8 Å². The molecule has 4 aliphatic carbocycles. The summed E-state index contributed by atoms with van der Waals surface area (Å²) in [6.45, 7) is 0.0507. The van der Waals surface area contributed by atoms with Gasteiger partial charge in [-0.1, -0.05) is 0 Å². The number of ether oxygens (including phenoxy) is 1. The first-order valence-corrected chi connectivity index (χ1v) is 12.7. The van der Waals surface area contributed by atoms with Crippen LogP contribution in [0.4, 0.5) is 8.78 Å². The first-order chi connectivity index (χ1) is 15.3. The van der Waals surface area contributed by atoms with E-state index < -0.39 is 27.6 Å². The van der Waals surface area contributed by atoms with Crippen molar-refractivity contribution >= 4 is 21.7 Å². The molecule has 1 aromatic rings. The highest BCUT2D eigenvalue weighted by Crippen LogP contribution is 2.62. The zero-order chi connectivity index (χ0) is 24.2. The van der Waals surface area contributed by atoms with Crippen molar-refractivity contribution in [3.8, 4) is 5.75 Å². The molecule has 2 atom stereocenters. The molecule has 4 bridgehead atoms. The zero-order valence-electron chi connectivity index (χ0n) is 18.7. The second-order valence-electron chi connectivity index (χ2n) is 10.5. The first-order valence-electron chi connectivity index (χ1n) is 11.2. The summed E-state index contributed by atoms with van der Waals surface area (Å²) < 4.78 is 57.0. The summed E-state index contributed by atoms with van der Waals surface area (Å²) >= 11 is 0. The maximum absolute atomic E-state index is 13.2. The fourth-order valence-electron chi connectivity index (χ4n) is 6.49. The van der Waals surface area contributed by atoms with Gasteiger partial charge in [-0.3, -0.25) is 9.59 Å². The number of rotatable bonds is 9. The van der Waals surface area contributed by atoms with Crippen molar-refractivity contribution in [2.45, 2.75) is 69.4 Å². The Morgan fingerprint density at radius 2 is 1.73 bits per heavy atom. The Morgan fingerprint density at radius 1 is 1.15 bits per heavy atom. The van der Waals surface area contributed by atoms with E-state index in [2.05, 4.69) is 9.46 Å². The van der Waals surface area contributed by atoms with Crippen LogP contribution < -0.4 is 15.2 Å². The van der Waals surface area contributed by atoms with E-state index >= 15 is 0 Å². The highest BCUT2D eigenvalue weighted by molar-refractivity contribution is 7.89. The van der Waals surface area contributed by atoms with E-state index in [4.69, 9.17) is 5.73 Å². The first kappa shape index (κ1) is 24.1. The highest BCUT2D eigenvalue weighted by Gasteiger charge is 2.58. The van der Waals surface area contributed by atoms with Crippen molar-refractivity contribution in [1.82, 2.24) is 4.72 Å². The van der Waals surface area contributed by atoms with Gasteiger partial charge in [0.25, 0.3) is 0 Å². The van der Waals surface area contributed by atoms with Crippen LogP contribution in [0.2, 0.25) is 0 Å². The monoisotopic (exact) mass is 484 g/mol. The average Bonchev–Trinajstić information content (AvgIpc) is 2.69. The number of sulfonamides is 1. The van der Waals surface area contributed by atoms with E-state index in [1.54, 1.807) is 0 Å². The number of hydrogen-bond donors (Lipinski definition) is 2. The lowest BCUT2D eigenvalue weighted by Gasteiger charge is -2.59. The van der Waals surface area contributed by atoms with Crippen molar-refractivity contribution in [2.24, 2.45) is 34.8 Å². The fraction of sp³-hybridized carbons (Fsp3) is 0.652. The third-order valence-electron chi connectivity index (χ3n) is 7.86. The molecule has 0 aliphatic heterocycles. The number of alkyl halides is 2. The molecule has 182 valence electrons. The van der Waals surface area contributed by atoms with Crippen LogP contribution in [0.25, 0.3) is 0 Å². The van der Waals surface area contributed by atoms with E-state index in [0.29, 0.717) is 18.8 Å². The van der Waals surface area contributed by atoms with Crippen LogP contribution in [0.3, 0.4) is 0 Å². The number of Topliss-reactive ketones (excluding diaryl/α,β-unsaturated/α-hetero) is 1. The molecule has 0 radical (unpaired) electrons. The minimum absolute atomic E-state index is 0.121. The maximum Gasteiger partial charge on any atom is 0.387 e. The molecular formula is C23H30F2N2O5S. The summed E-state index contributed by atoms with van der Waals surface area (Å²) in [6.07, 6.45) is 4.50. The number of nitrogens with two attached hydrogens (primary N) is 1. The number of primary amides is 1. The minimum atomic E-state index is -4.07. The predicted octanol–water partition coefficient (Wildman–Crippen LogP) is 3.23. The molecule has 2 unspecified atom stereocenters. The van der Waals surface area contributed by atoms with Crippen LogP contribution in [-0.4, -0.2) is 32.3 Å². The van der Waals surface area contributed by atoms with Gasteiger partial charge in [-0.05, 0) is 93.9 Å². The van der Waals surface area contributed by atoms with Crippen LogP contribution in [0.15, 0.2) is 29.2 Å². The summed E-state index contributed by atoms with van der Waals surface area (Å²) in [4.78, 5) is 25.2. The molecule has 7 nitrogen and oxygen atoms in total. The smallest absolute Gasteiger partial charge is 0.387 e. The molecule has 10 heteroatoms. The molecule has 1 aromatic carbocycles. The molecule has 1 amide bonds. The van der Waals surface area contributed by atoms with Gasteiger partial charge in [0.2, 0.25) is 15.9 Å². The molecule has 0 heterocycles. The zero-order valence-corrected chi connectivity index (χ0v) is 19.5. The molecule has 5 rings (SSSR count). The quantitative estimate of drug-likeness (QED) is 0.558. The Balaban J connectivity index is 1.44. The number of halogens is 2. The molecule has 0 saturated heterocycles. The van der Waals surface area contributed by atoms with Crippen molar-refractivity contribution in [3.63, 3.8) is 0 Å². The largest absolute Gasteiger partial charge is 0.435 e. The highest BCUT2D eigenvalue weighted by atomic mass is 32.2. The molecular weight excluding hydrogens is 454 g/mol. The Hall–Kier alpha value is -2.07. The molecule has 3 N–H and O–H groups in total. The van der Waals surface area contributed by atoms with E-state index in [1.165, 1.54) is 13.8 Å². The lowest BCUT2D eigenvalue weighted by molar-refractivity contribution is -0.152. The van der Waals surface area contributed by atoms with E-state index in [0.717, 1.165) is 43.5 Å². The van der Waals surface area contributed by atoms with Crippen LogP contribution >= 0.6 is 0 Å². The van der Waals surface area contributed by atoms with E-state index in [1.807, 2.05) is 0 Å². The minimum Gasteiger partial charge on any atom is -0.435 e. The van der Waals surface area contributed by atoms with Gasteiger partial charge in [-0.15, -0.1) is 0 Å². The lowest BCUT2D eigenvalue weighted by atomic mass is 9.45. The summed E-state index contributed by atoms with van der Waals surface area (Å²) in [5.41, 5.74) is 3.95. The molecule has 4 saturated carbocycles. The lowest BCUT2D eigenvalue weighted by Crippen LogP contribution is -2.57. The van der Waals surface area contributed by atoms with Crippen LogP contribution in [0, 0.1) is 29.1 Å². The second-order valence-corrected chi connectivity index (χ2v) is 12.2. The molecule has 0 spiro atoms. The number of carbonyl (C=O) groups is 2. The van der Waals surface area contributed by atoms with Crippen LogP contribution in [0.1, 0.15) is 52.4 Å². The molecule has 0 aromatic heterocycles. The number of ketones is 1. The van der Waals surface area contributed by atoms with E-state index in [-0.39, 0.29) is 46.5 Å². The maximum atomic E-state index is 13.2. The SMILES string of the molecule is CC(C)(NS(=O)(=O)c1ccc(OC(F)F)cc1)C(=O)CC1C2CC3CC1CC(C(N)=O)(C3)C2. The number of hydrogen-bond acceptors (Lipinski definition) is 5. The standard InChI is InChI=1S/C23H30F2N2O5S/c1-22(2,27-33(30,31)17-5-3-16(4-6-17)32-21(24)25)19(28)9-18-14-7-13-8-15(18)12-23(10-13,11-14)20(26)29/h3-6,13-15,18,21,27H,7-12H2,1-2H3,(H2,26,29). The van der Waals surface area contributed by atoms with Gasteiger partial charge in [0.15, 0.2) is 5.78 Å². The van der Waals surface area contributed by atoms with Gasteiger partial charge in [0.1, 0.15) is 5.75 Å². The van der Waals surface area contributed by atoms with Gasteiger partial charge >= 0.3 is 6.61 Å². The number of amides is 1. The molecule has 4 fully saturated rings. The average molecular weight is 485 g/mol. The number of carbonyl (C=O) groups excluding carboxylic acids is 2. The summed E-state index contributed by atoms with van der Waals surface area (Å²) in [7, 11) is -4.07. The summed E-state index contributed by atoms with van der Waals surface area (Å²) in [6, 6.07) is 4.58. The van der Waals surface area contributed by atoms with Crippen molar-refractivity contribution in [1.29, 1.82) is 0 Å². The van der Waals surface area contributed by atoms with Gasteiger partial charge in [0, 0.05) is 11.8 Å². The Kier molecular flexibility index (Phi) is 6.05. The number of nitrogens with one attached hydrogen (secondary N) is 1. The molecule has 4 aliphatic rings. The third kappa shape index (κ3) is 4.64. The van der Waals surface area contributed by atoms with Gasteiger partial charge in [0.05, 0.1) is 10.4 Å². The molecule has 33 heavy (non-hydrogen) atoms. The third-order valence-corrected chi connectivity index (χ3v) is 9.53. The van der Waals surface area contributed by atoms with Crippen molar-refractivity contribution in [3.05, 3.63) is 24.3 Å². The summed E-state index contributed by atoms with van der Waals surface area (Å²) in [5, 5.41) is 0. The Morgan fingerprint density at radius 3 is 2.24 bits per heavy atom.